The summed E-state index contributed by atoms with van der Waals surface area (Å²) in [5.41, 5.74) is 5.57. The molecule has 0 aliphatic rings. The molecular weight excluding hydrogens is 234 g/mol. The van der Waals surface area contributed by atoms with Crippen molar-refractivity contribution < 1.29 is 4.79 Å². The van der Waals surface area contributed by atoms with Gasteiger partial charge in [-0.25, -0.2) is 0 Å². The van der Waals surface area contributed by atoms with E-state index in [0.717, 1.165) is 19.4 Å². The monoisotopic (exact) mass is 259 g/mol. The van der Waals surface area contributed by atoms with Gasteiger partial charge in [0.1, 0.15) is 0 Å². The minimum Gasteiger partial charge on any atom is -0.393 e. The highest BCUT2D eigenvalue weighted by Gasteiger charge is 2.24. The van der Waals surface area contributed by atoms with E-state index in [-0.39, 0.29) is 22.7 Å². The third kappa shape index (κ3) is 7.28. The third-order valence-electron chi connectivity index (χ3n) is 2.59. The molecule has 3 N–H and O–H groups in total. The van der Waals surface area contributed by atoms with Gasteiger partial charge in [-0.15, -0.1) is 0 Å². The number of hydrogen-bond acceptors (Lipinski definition) is 3. The average molecular weight is 259 g/mol. The lowest BCUT2D eigenvalue weighted by atomic mass is 9.95. The Labute approximate surface area is 110 Å². The summed E-state index contributed by atoms with van der Waals surface area (Å²) in [6.45, 7) is 5.64. The van der Waals surface area contributed by atoms with Gasteiger partial charge in [-0.05, 0) is 39.4 Å². The number of nitrogens with zero attached hydrogens (tertiary/aromatic N) is 1. The molecule has 1 atom stereocenters. The number of amides is 1. The molecule has 0 fully saturated rings. The van der Waals surface area contributed by atoms with Crippen LogP contribution in [-0.2, 0) is 4.79 Å². The molecule has 1 amide bonds. The van der Waals surface area contributed by atoms with Crippen molar-refractivity contribution in [1.82, 2.24) is 10.2 Å². The van der Waals surface area contributed by atoms with Crippen molar-refractivity contribution in [2.75, 3.05) is 27.2 Å². The molecule has 5 heteroatoms. The first-order valence-electron chi connectivity index (χ1n) is 6.08. The molecule has 0 aromatic heterocycles. The van der Waals surface area contributed by atoms with Crippen LogP contribution in [0.15, 0.2) is 0 Å². The summed E-state index contributed by atoms with van der Waals surface area (Å²) >= 11 is 4.92. The maximum atomic E-state index is 11.8. The van der Waals surface area contributed by atoms with Crippen molar-refractivity contribution >= 4 is 23.1 Å². The van der Waals surface area contributed by atoms with Gasteiger partial charge < -0.3 is 16.0 Å². The number of hydrogen-bond donors (Lipinski definition) is 2. The summed E-state index contributed by atoms with van der Waals surface area (Å²) < 4.78 is 0. The largest absolute Gasteiger partial charge is 0.393 e. The molecule has 0 radical (unpaired) electrons. The number of carbonyl (C=O) groups is 1. The second kappa shape index (κ2) is 8.42. The zero-order chi connectivity index (χ0) is 13.4. The summed E-state index contributed by atoms with van der Waals surface area (Å²) in [5.74, 6) is -0.245. The Morgan fingerprint density at radius 1 is 1.35 bits per heavy atom. The van der Waals surface area contributed by atoms with Crippen molar-refractivity contribution in [2.24, 2.45) is 17.6 Å². The number of nitrogens with one attached hydrogen (secondary N) is 1. The summed E-state index contributed by atoms with van der Waals surface area (Å²) in [4.78, 5) is 14.2. The Morgan fingerprint density at radius 3 is 2.35 bits per heavy atom. The van der Waals surface area contributed by atoms with Gasteiger partial charge >= 0.3 is 0 Å². The van der Waals surface area contributed by atoms with Crippen molar-refractivity contribution in [3.63, 3.8) is 0 Å². The first kappa shape index (κ1) is 16.3. The summed E-state index contributed by atoms with van der Waals surface area (Å²) in [6.07, 6.45) is 2.05. The lowest BCUT2D eigenvalue weighted by Crippen LogP contribution is -2.41. The Hall–Kier alpha value is -0.680. The van der Waals surface area contributed by atoms with E-state index in [1.807, 2.05) is 27.9 Å². The molecule has 0 saturated heterocycles. The van der Waals surface area contributed by atoms with E-state index in [1.165, 1.54) is 0 Å². The predicted molar refractivity (Wildman–Crippen MR) is 75.9 cm³/mol. The molecule has 17 heavy (non-hydrogen) atoms. The SMILES string of the molecule is CC(C)C(C(=O)NCCCCN(C)C)C(N)=S. The minimum absolute atomic E-state index is 0.0441. The normalized spacial score (nSPS) is 12.8. The van der Waals surface area contributed by atoms with Gasteiger partial charge in [-0.1, -0.05) is 26.1 Å². The Bertz CT molecular complexity index is 254. The van der Waals surface area contributed by atoms with Crippen LogP contribution < -0.4 is 11.1 Å². The quantitative estimate of drug-likeness (QED) is 0.504. The maximum absolute atomic E-state index is 11.8. The second-order valence-electron chi connectivity index (χ2n) is 4.93. The smallest absolute Gasteiger partial charge is 0.230 e. The fourth-order valence-corrected chi connectivity index (χ4v) is 2.01. The highest BCUT2D eigenvalue weighted by Crippen LogP contribution is 2.11. The van der Waals surface area contributed by atoms with Crippen LogP contribution in [0.25, 0.3) is 0 Å². The number of carbonyl (C=O) groups excluding carboxylic acids is 1. The van der Waals surface area contributed by atoms with Crippen LogP contribution in [0.1, 0.15) is 26.7 Å². The Kier molecular flexibility index (Phi) is 8.08. The van der Waals surface area contributed by atoms with Gasteiger partial charge in [0.15, 0.2) is 0 Å². The van der Waals surface area contributed by atoms with Crippen LogP contribution >= 0.6 is 12.2 Å². The van der Waals surface area contributed by atoms with E-state index in [1.54, 1.807) is 0 Å². The highest BCUT2D eigenvalue weighted by atomic mass is 32.1. The first-order chi connectivity index (χ1) is 7.86. The number of thiocarbonyl (C=S) groups is 1. The fourth-order valence-electron chi connectivity index (χ4n) is 1.64. The molecule has 0 aliphatic carbocycles. The molecule has 1 unspecified atom stereocenters. The van der Waals surface area contributed by atoms with Gasteiger partial charge in [0, 0.05) is 6.54 Å². The van der Waals surface area contributed by atoms with Crippen molar-refractivity contribution in [2.45, 2.75) is 26.7 Å². The zero-order valence-corrected chi connectivity index (χ0v) is 12.1. The lowest BCUT2D eigenvalue weighted by molar-refractivity contribution is -0.123. The molecule has 0 heterocycles. The molecule has 0 rings (SSSR count). The summed E-state index contributed by atoms with van der Waals surface area (Å²) in [7, 11) is 4.08. The van der Waals surface area contributed by atoms with Crippen LogP contribution in [0.3, 0.4) is 0 Å². The summed E-state index contributed by atoms with van der Waals surface area (Å²) in [5, 5.41) is 2.89. The van der Waals surface area contributed by atoms with Crippen LogP contribution in [0.2, 0.25) is 0 Å². The van der Waals surface area contributed by atoms with Gasteiger partial charge in [-0.3, -0.25) is 4.79 Å². The Balaban J connectivity index is 3.88. The van der Waals surface area contributed by atoms with Crippen molar-refractivity contribution in [1.29, 1.82) is 0 Å². The molecule has 0 aromatic carbocycles. The van der Waals surface area contributed by atoms with Crippen LogP contribution in [0.5, 0.6) is 0 Å². The Morgan fingerprint density at radius 2 is 1.94 bits per heavy atom. The van der Waals surface area contributed by atoms with E-state index in [2.05, 4.69) is 10.2 Å². The molecule has 0 bridgehead atoms. The van der Waals surface area contributed by atoms with Crippen LogP contribution in [0, 0.1) is 11.8 Å². The van der Waals surface area contributed by atoms with E-state index < -0.39 is 0 Å². The van der Waals surface area contributed by atoms with Crippen LogP contribution in [-0.4, -0.2) is 43.0 Å². The molecule has 0 aliphatic heterocycles. The van der Waals surface area contributed by atoms with Gasteiger partial charge in [0.05, 0.1) is 10.9 Å². The molecule has 0 saturated carbocycles. The number of rotatable bonds is 8. The number of nitrogens with two attached hydrogens (primary N) is 1. The van der Waals surface area contributed by atoms with E-state index in [9.17, 15) is 4.79 Å². The minimum atomic E-state index is -0.348. The molecule has 4 nitrogen and oxygen atoms in total. The maximum Gasteiger partial charge on any atom is 0.230 e. The van der Waals surface area contributed by atoms with Crippen LogP contribution in [0.4, 0.5) is 0 Å². The van der Waals surface area contributed by atoms with Gasteiger partial charge in [0.2, 0.25) is 5.91 Å². The summed E-state index contributed by atoms with van der Waals surface area (Å²) in [6, 6.07) is 0. The standard InChI is InChI=1S/C12H25N3OS/c1-9(2)10(11(13)17)12(16)14-7-5-6-8-15(3)4/h9-10H,5-8H2,1-4H3,(H2,13,17)(H,14,16). The van der Waals surface area contributed by atoms with E-state index in [4.69, 9.17) is 18.0 Å². The lowest BCUT2D eigenvalue weighted by Gasteiger charge is -2.18. The van der Waals surface area contributed by atoms with Crippen molar-refractivity contribution in [3.8, 4) is 0 Å². The van der Waals surface area contributed by atoms with Crippen molar-refractivity contribution in [3.05, 3.63) is 0 Å². The molecule has 0 spiro atoms. The van der Waals surface area contributed by atoms with Gasteiger partial charge in [0.25, 0.3) is 0 Å². The molecular formula is C12H25N3OS. The predicted octanol–water partition coefficient (Wildman–Crippen LogP) is 1.00. The van der Waals surface area contributed by atoms with E-state index in [0.29, 0.717) is 6.54 Å². The molecule has 100 valence electrons. The van der Waals surface area contributed by atoms with Gasteiger partial charge in [-0.2, -0.15) is 0 Å². The van der Waals surface area contributed by atoms with E-state index >= 15 is 0 Å². The average Bonchev–Trinajstić information content (AvgIpc) is 2.15. The first-order valence-corrected chi connectivity index (χ1v) is 6.48. The third-order valence-corrected chi connectivity index (χ3v) is 2.84. The highest BCUT2D eigenvalue weighted by molar-refractivity contribution is 7.80. The zero-order valence-electron chi connectivity index (χ0n) is 11.3. The second-order valence-corrected chi connectivity index (χ2v) is 5.40. The fraction of sp³-hybridized carbons (Fsp3) is 0.833. The number of unbranched alkanes of at least 4 members (excludes halogenated alkanes) is 1. The molecule has 0 aromatic rings. The topological polar surface area (TPSA) is 58.4 Å².